The lowest BCUT2D eigenvalue weighted by Gasteiger charge is -2.50. The molecule has 0 unspecified atom stereocenters. The first-order valence-corrected chi connectivity index (χ1v) is 9.84. The van der Waals surface area contributed by atoms with Gasteiger partial charge in [-0.25, -0.2) is 0 Å². The third-order valence-corrected chi connectivity index (χ3v) is 6.95. The van der Waals surface area contributed by atoms with Gasteiger partial charge in [0.1, 0.15) is 0 Å². The molecular formula is C22H30N2O. The van der Waals surface area contributed by atoms with Crippen LogP contribution in [0.15, 0.2) is 36.5 Å². The molecule has 0 radical (unpaired) electrons. The molecule has 3 nitrogen and oxygen atoms in total. The topological polar surface area (TPSA) is 38.1 Å². The molecule has 0 aliphatic heterocycles. The zero-order valence-corrected chi connectivity index (χ0v) is 15.5. The minimum atomic E-state index is -0.478. The van der Waals surface area contributed by atoms with E-state index < -0.39 is 5.60 Å². The number of benzene rings is 1. The number of nitrogens with zero attached hydrogens (tertiary/aromatic N) is 2. The van der Waals surface area contributed by atoms with Gasteiger partial charge in [0.05, 0.1) is 11.8 Å². The summed E-state index contributed by atoms with van der Waals surface area (Å²) in [6.45, 7) is 2.14. The van der Waals surface area contributed by atoms with E-state index in [9.17, 15) is 5.11 Å². The molecule has 0 saturated heterocycles. The van der Waals surface area contributed by atoms with Crippen LogP contribution in [-0.4, -0.2) is 20.5 Å². The maximum absolute atomic E-state index is 11.0. The summed E-state index contributed by atoms with van der Waals surface area (Å²) in [4.78, 5) is 0. The van der Waals surface area contributed by atoms with Crippen molar-refractivity contribution in [2.24, 2.45) is 13.0 Å². The molecule has 0 amide bonds. The van der Waals surface area contributed by atoms with Crippen LogP contribution in [0.1, 0.15) is 62.3 Å². The van der Waals surface area contributed by atoms with Gasteiger partial charge in [0.25, 0.3) is 0 Å². The lowest BCUT2D eigenvalue weighted by atomic mass is 9.57. The highest BCUT2D eigenvalue weighted by atomic mass is 16.3. The van der Waals surface area contributed by atoms with Gasteiger partial charge in [-0.2, -0.15) is 5.10 Å². The predicted molar refractivity (Wildman–Crippen MR) is 101 cm³/mol. The standard InChI is InChI=1S/C22H30N2O/c1-3-21(25)12-13-22(14-17-8-5-4-6-9-17)19(15-21)11-7-10-18-16-23-24(2)20(18)22/h4-6,8-9,16,19,25H,3,7,10-15H2,1-2H3/t19-,21-,22-/m0/s1. The van der Waals surface area contributed by atoms with Crippen molar-refractivity contribution in [3.63, 3.8) is 0 Å². The Bertz CT molecular complexity index is 738. The van der Waals surface area contributed by atoms with Gasteiger partial charge in [-0.1, -0.05) is 37.3 Å². The average molecular weight is 338 g/mol. The van der Waals surface area contributed by atoms with E-state index in [1.54, 1.807) is 0 Å². The van der Waals surface area contributed by atoms with Crippen LogP contribution in [0.5, 0.6) is 0 Å². The Morgan fingerprint density at radius 3 is 2.80 bits per heavy atom. The first-order chi connectivity index (χ1) is 12.1. The smallest absolute Gasteiger partial charge is 0.0648 e. The zero-order chi connectivity index (χ0) is 17.5. The largest absolute Gasteiger partial charge is 0.390 e. The van der Waals surface area contributed by atoms with Gasteiger partial charge in [0.2, 0.25) is 0 Å². The number of aromatic nitrogens is 2. The Morgan fingerprint density at radius 1 is 1.24 bits per heavy atom. The van der Waals surface area contributed by atoms with Gasteiger partial charge in [-0.3, -0.25) is 4.68 Å². The predicted octanol–water partition coefficient (Wildman–Crippen LogP) is 4.18. The van der Waals surface area contributed by atoms with Crippen molar-refractivity contribution in [3.8, 4) is 0 Å². The molecule has 1 N–H and O–H groups in total. The third kappa shape index (κ3) is 2.83. The first kappa shape index (κ1) is 16.8. The molecule has 1 aromatic heterocycles. The molecule has 3 heteroatoms. The summed E-state index contributed by atoms with van der Waals surface area (Å²) in [7, 11) is 2.11. The van der Waals surface area contributed by atoms with E-state index in [2.05, 4.69) is 60.3 Å². The van der Waals surface area contributed by atoms with E-state index in [0.29, 0.717) is 5.92 Å². The van der Waals surface area contributed by atoms with Crippen LogP contribution in [0.3, 0.4) is 0 Å². The number of rotatable bonds is 3. The van der Waals surface area contributed by atoms with Crippen molar-refractivity contribution in [3.05, 3.63) is 53.3 Å². The normalized spacial score (nSPS) is 31.9. The third-order valence-electron chi connectivity index (χ3n) is 6.95. The number of aliphatic hydroxyl groups is 1. The van der Waals surface area contributed by atoms with Gasteiger partial charge >= 0.3 is 0 Å². The molecule has 25 heavy (non-hydrogen) atoms. The van der Waals surface area contributed by atoms with Crippen molar-refractivity contribution >= 4 is 0 Å². The van der Waals surface area contributed by atoms with E-state index in [1.165, 1.54) is 29.7 Å². The molecule has 2 aliphatic carbocycles. The highest BCUT2D eigenvalue weighted by molar-refractivity contribution is 5.34. The van der Waals surface area contributed by atoms with Gasteiger partial charge in [0, 0.05) is 18.2 Å². The van der Waals surface area contributed by atoms with Crippen LogP contribution < -0.4 is 0 Å². The lowest BCUT2D eigenvalue weighted by molar-refractivity contribution is -0.0513. The van der Waals surface area contributed by atoms with Gasteiger partial charge in [0.15, 0.2) is 0 Å². The Balaban J connectivity index is 1.82. The minimum Gasteiger partial charge on any atom is -0.390 e. The Hall–Kier alpha value is -1.61. The van der Waals surface area contributed by atoms with Gasteiger partial charge in [-0.15, -0.1) is 0 Å². The molecule has 2 aliphatic rings. The summed E-state index contributed by atoms with van der Waals surface area (Å²) in [5.41, 5.74) is 3.91. The van der Waals surface area contributed by atoms with E-state index in [-0.39, 0.29) is 5.41 Å². The van der Waals surface area contributed by atoms with Gasteiger partial charge < -0.3 is 5.11 Å². The van der Waals surface area contributed by atoms with Crippen molar-refractivity contribution in [1.82, 2.24) is 9.78 Å². The highest BCUT2D eigenvalue weighted by Crippen LogP contribution is 2.53. The number of aryl methyl sites for hydroxylation is 2. The quantitative estimate of drug-likeness (QED) is 0.912. The van der Waals surface area contributed by atoms with Crippen molar-refractivity contribution in [2.45, 2.75) is 69.3 Å². The second-order valence-electron chi connectivity index (χ2n) is 8.33. The Labute approximate surface area is 151 Å². The molecule has 1 saturated carbocycles. The minimum absolute atomic E-state index is 0.111. The number of fused-ring (bicyclic) bond motifs is 3. The summed E-state index contributed by atoms with van der Waals surface area (Å²) < 4.78 is 2.13. The summed E-state index contributed by atoms with van der Waals surface area (Å²) in [6.07, 6.45) is 10.4. The summed E-state index contributed by atoms with van der Waals surface area (Å²) in [5, 5.41) is 15.7. The van der Waals surface area contributed by atoms with Crippen LogP contribution in [0.2, 0.25) is 0 Å². The van der Waals surface area contributed by atoms with E-state index in [4.69, 9.17) is 0 Å². The average Bonchev–Trinajstić information content (AvgIpc) is 2.92. The van der Waals surface area contributed by atoms with Crippen molar-refractivity contribution < 1.29 is 5.11 Å². The van der Waals surface area contributed by atoms with Crippen molar-refractivity contribution in [1.29, 1.82) is 0 Å². The SMILES string of the molecule is CC[C@]1(O)CC[C@@]2(Cc3ccccc3)c3c(cnn3C)CCC[C@H]2C1. The second kappa shape index (κ2) is 6.28. The fourth-order valence-corrected chi connectivity index (χ4v) is 5.55. The van der Waals surface area contributed by atoms with E-state index in [0.717, 1.165) is 38.5 Å². The zero-order valence-electron chi connectivity index (χ0n) is 15.5. The molecule has 1 aromatic carbocycles. The van der Waals surface area contributed by atoms with Crippen LogP contribution in [0.4, 0.5) is 0 Å². The highest BCUT2D eigenvalue weighted by Gasteiger charge is 2.51. The monoisotopic (exact) mass is 338 g/mol. The van der Waals surface area contributed by atoms with Crippen LogP contribution in [0, 0.1) is 5.92 Å². The fraction of sp³-hybridized carbons (Fsp3) is 0.591. The summed E-state index contributed by atoms with van der Waals surface area (Å²) in [6, 6.07) is 10.9. The number of hydrogen-bond donors (Lipinski definition) is 1. The molecule has 1 fully saturated rings. The number of hydrogen-bond acceptors (Lipinski definition) is 2. The van der Waals surface area contributed by atoms with Crippen LogP contribution >= 0.6 is 0 Å². The molecule has 1 heterocycles. The van der Waals surface area contributed by atoms with E-state index in [1.807, 2.05) is 0 Å². The lowest BCUT2D eigenvalue weighted by Crippen LogP contribution is -2.49. The molecule has 2 aromatic rings. The van der Waals surface area contributed by atoms with Gasteiger partial charge in [-0.05, 0) is 68.4 Å². The maximum Gasteiger partial charge on any atom is 0.0648 e. The molecule has 134 valence electrons. The summed E-state index contributed by atoms with van der Waals surface area (Å²) >= 11 is 0. The molecular weight excluding hydrogens is 308 g/mol. The Kier molecular flexibility index (Phi) is 4.23. The molecule has 0 spiro atoms. The molecule has 0 bridgehead atoms. The summed E-state index contributed by atoms with van der Waals surface area (Å²) in [5.74, 6) is 0.531. The van der Waals surface area contributed by atoms with Crippen LogP contribution in [0.25, 0.3) is 0 Å². The maximum atomic E-state index is 11.0. The Morgan fingerprint density at radius 2 is 2.04 bits per heavy atom. The first-order valence-electron chi connectivity index (χ1n) is 9.84. The van der Waals surface area contributed by atoms with Crippen LogP contribution in [-0.2, 0) is 25.3 Å². The molecule has 3 atom stereocenters. The van der Waals surface area contributed by atoms with E-state index >= 15 is 0 Å². The second-order valence-corrected chi connectivity index (χ2v) is 8.33. The molecule has 4 rings (SSSR count). The fourth-order valence-electron chi connectivity index (χ4n) is 5.55. The van der Waals surface area contributed by atoms with Crippen molar-refractivity contribution in [2.75, 3.05) is 0 Å².